The number of nitrogens with zero attached hydrogens (tertiary/aromatic N) is 3. The summed E-state index contributed by atoms with van der Waals surface area (Å²) in [6.45, 7) is 13.9. The topological polar surface area (TPSA) is 9.72 Å². The van der Waals surface area contributed by atoms with E-state index in [1.807, 2.05) is 0 Å². The van der Waals surface area contributed by atoms with Gasteiger partial charge in [0.05, 0.1) is 51.2 Å². The second kappa shape index (κ2) is 18.8. The van der Waals surface area contributed by atoms with Crippen LogP contribution in [0.25, 0.3) is 44.5 Å². The maximum atomic E-state index is 2.62. The highest BCUT2D eigenvalue weighted by atomic mass is 15.3. The first-order chi connectivity index (χ1) is 38.5. The van der Waals surface area contributed by atoms with Crippen molar-refractivity contribution in [1.29, 1.82) is 0 Å². The maximum absolute atomic E-state index is 2.62. The zero-order valence-electron chi connectivity index (χ0n) is 45.9. The zero-order valence-corrected chi connectivity index (χ0v) is 45.9. The minimum absolute atomic E-state index is 0.0303. The fourth-order valence-electron chi connectivity index (χ4n) is 12.7. The molecule has 0 saturated carbocycles. The van der Waals surface area contributed by atoms with E-state index in [9.17, 15) is 0 Å². The first-order valence-electron chi connectivity index (χ1n) is 28.0. The van der Waals surface area contributed by atoms with Crippen molar-refractivity contribution in [2.24, 2.45) is 0 Å². The molecule has 0 unspecified atom stereocenters. The van der Waals surface area contributed by atoms with E-state index in [2.05, 4.69) is 311 Å². The lowest BCUT2D eigenvalue weighted by Crippen LogP contribution is -2.31. The van der Waals surface area contributed by atoms with Crippen molar-refractivity contribution in [3.63, 3.8) is 0 Å². The number of hydrogen-bond acceptors (Lipinski definition) is 3. The van der Waals surface area contributed by atoms with Crippen LogP contribution in [0.15, 0.2) is 255 Å². The van der Waals surface area contributed by atoms with Gasteiger partial charge in [-0.25, -0.2) is 0 Å². The molecular weight excluding hydrogens is 955 g/mol. The average molecular weight is 1020 g/mol. The largest absolute Gasteiger partial charge is 0.306 e. The highest BCUT2D eigenvalue weighted by Gasteiger charge is 2.43. The van der Waals surface area contributed by atoms with Gasteiger partial charge in [0.15, 0.2) is 0 Å². The van der Waals surface area contributed by atoms with Crippen LogP contribution in [-0.2, 0) is 17.3 Å². The number of benzene rings is 11. The second-order valence-corrected chi connectivity index (χ2v) is 23.8. The number of rotatable bonds is 7. The van der Waals surface area contributed by atoms with Crippen LogP contribution >= 0.6 is 0 Å². The lowest BCUT2D eigenvalue weighted by Gasteiger charge is -2.48. The summed E-state index contributed by atoms with van der Waals surface area (Å²) >= 11 is 0. The molecule has 0 aromatic heterocycles. The Labute approximate surface area is 466 Å². The molecule has 11 aromatic carbocycles. The molecule has 11 aromatic rings. The Morgan fingerprint density at radius 2 is 0.658 bits per heavy atom. The van der Waals surface area contributed by atoms with Crippen molar-refractivity contribution < 1.29 is 0 Å². The predicted octanol–water partition coefficient (Wildman–Crippen LogP) is 21.1. The SMILES string of the molecule is CC(C)(C)c1ccc(N2c3ccc(-c4ccccc4)cc3N3c4cc(-c5ccccc5)ccc4N(c4ccc(C(C)(C)C)cc4-c4ccccc4)c4cc(C5c6ccccc6Cc6ccccc65)cc2c43)c(-c2ccccc2)c1. The normalized spacial score (nSPS) is 13.5. The van der Waals surface area contributed by atoms with Crippen LogP contribution in [0.1, 0.15) is 86.4 Å². The van der Waals surface area contributed by atoms with E-state index in [-0.39, 0.29) is 16.7 Å². The third kappa shape index (κ3) is 8.26. The van der Waals surface area contributed by atoms with Gasteiger partial charge in [-0.05, 0) is 150 Å². The van der Waals surface area contributed by atoms with E-state index in [4.69, 9.17) is 0 Å². The van der Waals surface area contributed by atoms with E-state index in [0.29, 0.717) is 0 Å². The molecule has 0 saturated heterocycles. The molecule has 0 spiro atoms. The summed E-state index contributed by atoms with van der Waals surface area (Å²) in [5, 5.41) is 0. The summed E-state index contributed by atoms with van der Waals surface area (Å²) in [5.41, 5.74) is 28.7. The van der Waals surface area contributed by atoms with Crippen molar-refractivity contribution in [1.82, 2.24) is 0 Å². The van der Waals surface area contributed by atoms with Gasteiger partial charge in [-0.2, -0.15) is 0 Å². The number of fused-ring (bicyclic) bond motifs is 6. The quantitative estimate of drug-likeness (QED) is 0.158. The molecule has 3 aliphatic rings. The molecule has 2 aliphatic heterocycles. The second-order valence-electron chi connectivity index (χ2n) is 23.8. The average Bonchev–Trinajstić information content (AvgIpc) is 3.51. The van der Waals surface area contributed by atoms with Crippen molar-refractivity contribution in [2.45, 2.75) is 64.7 Å². The van der Waals surface area contributed by atoms with Crippen LogP contribution in [0.4, 0.5) is 51.2 Å². The predicted molar refractivity (Wildman–Crippen MR) is 333 cm³/mol. The van der Waals surface area contributed by atoms with E-state index in [1.54, 1.807) is 0 Å². The molecule has 2 heterocycles. The van der Waals surface area contributed by atoms with E-state index in [0.717, 1.165) is 68.7 Å². The first kappa shape index (κ1) is 48.2. The Morgan fingerprint density at radius 1 is 0.291 bits per heavy atom. The molecule has 0 N–H and O–H groups in total. The minimum Gasteiger partial charge on any atom is -0.306 e. The standard InChI is InChI=1S/C76H63N3/c1-75(2,3)59-37-41-65(63(48-59)52-27-15-9-16-28-52)77-67-39-35-54(50-23-11-7-12-24-50)44-69(67)79-70-45-55(51-25-13-8-14-26-51)36-40-68(70)78(66-42-38-60(76(4,5)6)49-64(66)53-29-17-10-18-30-53)72-47-58(46-71(77)74(72)79)73-61-33-21-19-31-56(61)43-57-32-20-22-34-62(57)73/h7-42,44-49,73H,43H2,1-6H3. The van der Waals surface area contributed by atoms with Gasteiger partial charge in [-0.3, -0.25) is 0 Å². The summed E-state index contributed by atoms with van der Waals surface area (Å²) < 4.78 is 0. The molecule has 1 aliphatic carbocycles. The summed E-state index contributed by atoms with van der Waals surface area (Å²) in [6.07, 6.45) is 0.905. The Hall–Kier alpha value is -9.18. The molecule has 0 radical (unpaired) electrons. The van der Waals surface area contributed by atoms with Crippen molar-refractivity contribution in [3.05, 3.63) is 294 Å². The first-order valence-corrected chi connectivity index (χ1v) is 28.0. The lowest BCUT2D eigenvalue weighted by atomic mass is 9.74. The number of anilines is 9. The van der Waals surface area contributed by atoms with Crippen LogP contribution in [0.5, 0.6) is 0 Å². The van der Waals surface area contributed by atoms with Gasteiger partial charge in [0.1, 0.15) is 0 Å². The monoisotopic (exact) mass is 1020 g/mol. The van der Waals surface area contributed by atoms with Crippen LogP contribution < -0.4 is 14.7 Å². The summed E-state index contributed by atoms with van der Waals surface area (Å²) in [7, 11) is 0. The van der Waals surface area contributed by atoms with Crippen molar-refractivity contribution >= 4 is 51.2 Å². The van der Waals surface area contributed by atoms with E-state index >= 15 is 0 Å². The third-order valence-corrected chi connectivity index (χ3v) is 16.7. The van der Waals surface area contributed by atoms with Crippen molar-refractivity contribution in [3.8, 4) is 44.5 Å². The fourth-order valence-corrected chi connectivity index (χ4v) is 12.7. The maximum Gasteiger partial charge on any atom is 0.0948 e. The molecular formula is C76H63N3. The van der Waals surface area contributed by atoms with Gasteiger partial charge >= 0.3 is 0 Å². The molecule has 79 heavy (non-hydrogen) atoms. The van der Waals surface area contributed by atoms with Crippen LogP contribution in [0.3, 0.4) is 0 Å². The smallest absolute Gasteiger partial charge is 0.0948 e. The van der Waals surface area contributed by atoms with Crippen LogP contribution in [0.2, 0.25) is 0 Å². The lowest BCUT2D eigenvalue weighted by molar-refractivity contribution is 0.590. The van der Waals surface area contributed by atoms with Crippen LogP contribution in [-0.4, -0.2) is 0 Å². The molecule has 0 fully saturated rings. The van der Waals surface area contributed by atoms with Crippen LogP contribution in [0, 0.1) is 0 Å². The molecule has 0 bridgehead atoms. The van der Waals surface area contributed by atoms with Gasteiger partial charge in [-0.15, -0.1) is 0 Å². The Morgan fingerprint density at radius 3 is 1.06 bits per heavy atom. The summed E-state index contributed by atoms with van der Waals surface area (Å²) in [5.74, 6) is -0.0303. The summed E-state index contributed by atoms with van der Waals surface area (Å²) in [6, 6.07) is 96.0. The highest BCUT2D eigenvalue weighted by Crippen LogP contribution is 2.66. The van der Waals surface area contributed by atoms with Crippen molar-refractivity contribution in [2.75, 3.05) is 14.7 Å². The van der Waals surface area contributed by atoms with E-state index in [1.165, 1.54) is 72.3 Å². The fraction of sp³-hybridized carbons (Fsp3) is 0.132. The molecule has 3 heteroatoms. The van der Waals surface area contributed by atoms with Gasteiger partial charge in [0, 0.05) is 17.0 Å². The summed E-state index contributed by atoms with van der Waals surface area (Å²) in [4.78, 5) is 7.85. The zero-order chi connectivity index (χ0) is 53.6. The minimum atomic E-state index is -0.0796. The third-order valence-electron chi connectivity index (χ3n) is 16.7. The van der Waals surface area contributed by atoms with Gasteiger partial charge in [0.25, 0.3) is 0 Å². The molecule has 0 amide bonds. The Bertz CT molecular complexity index is 3870. The Kier molecular flexibility index (Phi) is 11.5. The highest BCUT2D eigenvalue weighted by molar-refractivity contribution is 6.15. The molecule has 0 atom stereocenters. The number of hydrogen-bond donors (Lipinski definition) is 0. The molecule has 382 valence electrons. The van der Waals surface area contributed by atoms with Gasteiger partial charge in [0.2, 0.25) is 0 Å². The van der Waals surface area contributed by atoms with Gasteiger partial charge < -0.3 is 14.7 Å². The van der Waals surface area contributed by atoms with Gasteiger partial charge in [-0.1, -0.05) is 236 Å². The molecule has 3 nitrogen and oxygen atoms in total. The van der Waals surface area contributed by atoms with E-state index < -0.39 is 0 Å². The molecule has 14 rings (SSSR count). The Balaban J connectivity index is 1.15.